The van der Waals surface area contributed by atoms with Crippen molar-refractivity contribution in [1.82, 2.24) is 0 Å². The summed E-state index contributed by atoms with van der Waals surface area (Å²) in [5, 5.41) is 0. The maximum absolute atomic E-state index is 11.4. The van der Waals surface area contributed by atoms with Crippen molar-refractivity contribution in [1.29, 1.82) is 0 Å². The third-order valence-electron chi connectivity index (χ3n) is 2.05. The zero-order chi connectivity index (χ0) is 13.1. The molecule has 1 rings (SSSR count). The zero-order valence-corrected chi connectivity index (χ0v) is 11.0. The third-order valence-corrected chi connectivity index (χ3v) is 3.42. The molecule has 0 aliphatic rings. The number of hydrogen-bond donors (Lipinski definition) is 0. The maximum atomic E-state index is 11.4. The minimum Gasteiger partial charge on any atom is -0.449 e. The molecule has 94 valence electrons. The van der Waals surface area contributed by atoms with Crippen LogP contribution in [0.5, 0.6) is 0 Å². The highest BCUT2D eigenvalue weighted by atomic mass is 35.7. The zero-order valence-electron chi connectivity index (χ0n) is 9.38. The predicted molar refractivity (Wildman–Crippen MR) is 64.9 cm³/mol. The quantitative estimate of drug-likeness (QED) is 0.795. The van der Waals surface area contributed by atoms with Crippen LogP contribution in [0.15, 0.2) is 29.2 Å². The highest BCUT2D eigenvalue weighted by molar-refractivity contribution is 8.13. The summed E-state index contributed by atoms with van der Waals surface area (Å²) in [5.74, 6) is 0. The summed E-state index contributed by atoms with van der Waals surface area (Å²) in [5.41, 5.74) is 0.521. The standard InChI is InChI=1S/C10H12ClNO4S/c1-3-16-10(13)12(2)8-4-6-9(7-5-8)17(11,14)15/h4-7H,3H2,1-2H3. The van der Waals surface area contributed by atoms with Crippen LogP contribution in [0.4, 0.5) is 10.5 Å². The van der Waals surface area contributed by atoms with Gasteiger partial charge < -0.3 is 4.74 Å². The fraction of sp³-hybridized carbons (Fsp3) is 0.300. The number of anilines is 1. The Balaban J connectivity index is 2.92. The Bertz CT molecular complexity index is 498. The molecule has 0 bridgehead atoms. The lowest BCUT2D eigenvalue weighted by molar-refractivity contribution is 0.161. The number of rotatable bonds is 3. The number of carbonyl (C=O) groups excluding carboxylic acids is 1. The van der Waals surface area contributed by atoms with Gasteiger partial charge in [0.25, 0.3) is 9.05 Å². The normalized spacial score (nSPS) is 11.0. The maximum Gasteiger partial charge on any atom is 0.413 e. The molecule has 0 radical (unpaired) electrons. The van der Waals surface area contributed by atoms with Gasteiger partial charge in [0.15, 0.2) is 0 Å². The van der Waals surface area contributed by atoms with E-state index >= 15 is 0 Å². The van der Waals surface area contributed by atoms with Crippen LogP contribution in [0, 0.1) is 0 Å². The van der Waals surface area contributed by atoms with E-state index in [1.807, 2.05) is 0 Å². The topological polar surface area (TPSA) is 63.7 Å². The minimum atomic E-state index is -3.74. The summed E-state index contributed by atoms with van der Waals surface area (Å²) in [7, 11) is 2.96. The Morgan fingerprint density at radius 2 is 1.88 bits per heavy atom. The van der Waals surface area contributed by atoms with Gasteiger partial charge in [-0.1, -0.05) is 0 Å². The Morgan fingerprint density at radius 3 is 2.29 bits per heavy atom. The average Bonchev–Trinajstić information content (AvgIpc) is 2.27. The number of nitrogens with zero attached hydrogens (tertiary/aromatic N) is 1. The number of halogens is 1. The van der Waals surface area contributed by atoms with Gasteiger partial charge >= 0.3 is 6.09 Å². The molecule has 1 amide bonds. The van der Waals surface area contributed by atoms with Gasteiger partial charge in [0.05, 0.1) is 11.5 Å². The number of amides is 1. The summed E-state index contributed by atoms with van der Waals surface area (Å²) in [4.78, 5) is 12.6. The Hall–Kier alpha value is -1.27. The Morgan fingerprint density at radius 1 is 1.35 bits per heavy atom. The molecule has 0 aromatic heterocycles. The van der Waals surface area contributed by atoms with Crippen molar-refractivity contribution in [2.24, 2.45) is 0 Å². The van der Waals surface area contributed by atoms with Crippen LogP contribution in [0.25, 0.3) is 0 Å². The van der Waals surface area contributed by atoms with Gasteiger partial charge in [-0.2, -0.15) is 0 Å². The molecule has 0 N–H and O–H groups in total. The third kappa shape index (κ3) is 3.61. The number of ether oxygens (including phenoxy) is 1. The molecule has 1 aromatic carbocycles. The van der Waals surface area contributed by atoms with Crippen LogP contribution in [-0.2, 0) is 13.8 Å². The summed E-state index contributed by atoms with van der Waals surface area (Å²) < 4.78 is 26.8. The van der Waals surface area contributed by atoms with Gasteiger partial charge in [-0.15, -0.1) is 0 Å². The van der Waals surface area contributed by atoms with Gasteiger partial charge in [-0.3, -0.25) is 4.90 Å². The molecular weight excluding hydrogens is 266 g/mol. The lowest BCUT2D eigenvalue weighted by atomic mass is 10.3. The molecule has 0 fully saturated rings. The molecule has 0 atom stereocenters. The first-order valence-electron chi connectivity index (χ1n) is 4.81. The monoisotopic (exact) mass is 277 g/mol. The first-order valence-corrected chi connectivity index (χ1v) is 7.12. The molecular formula is C10H12ClNO4S. The van der Waals surface area contributed by atoms with E-state index in [4.69, 9.17) is 15.4 Å². The first-order chi connectivity index (χ1) is 7.86. The fourth-order valence-corrected chi connectivity index (χ4v) is 1.93. The second-order valence-corrected chi connectivity index (χ2v) is 5.76. The molecule has 17 heavy (non-hydrogen) atoms. The van der Waals surface area contributed by atoms with Crippen molar-refractivity contribution in [2.75, 3.05) is 18.6 Å². The summed E-state index contributed by atoms with van der Waals surface area (Å²) >= 11 is 0. The lowest BCUT2D eigenvalue weighted by Crippen LogP contribution is -2.26. The molecule has 0 aliphatic carbocycles. The lowest BCUT2D eigenvalue weighted by Gasteiger charge is -2.16. The van der Waals surface area contributed by atoms with E-state index in [1.165, 1.54) is 36.2 Å². The summed E-state index contributed by atoms with van der Waals surface area (Å²) in [6.45, 7) is 1.98. The van der Waals surface area contributed by atoms with E-state index < -0.39 is 15.1 Å². The Kier molecular flexibility index (Phi) is 4.36. The van der Waals surface area contributed by atoms with Crippen molar-refractivity contribution in [3.05, 3.63) is 24.3 Å². The largest absolute Gasteiger partial charge is 0.449 e. The van der Waals surface area contributed by atoms with Crippen molar-refractivity contribution in [3.8, 4) is 0 Å². The van der Waals surface area contributed by atoms with E-state index in [1.54, 1.807) is 6.92 Å². The van der Waals surface area contributed by atoms with Gasteiger partial charge in [0, 0.05) is 23.4 Å². The van der Waals surface area contributed by atoms with Gasteiger partial charge in [-0.25, -0.2) is 13.2 Å². The second-order valence-electron chi connectivity index (χ2n) is 3.19. The smallest absolute Gasteiger partial charge is 0.413 e. The highest BCUT2D eigenvalue weighted by Crippen LogP contribution is 2.20. The fourth-order valence-electron chi connectivity index (χ4n) is 1.16. The number of carbonyl (C=O) groups is 1. The molecule has 0 saturated carbocycles. The van der Waals surface area contributed by atoms with E-state index in [-0.39, 0.29) is 11.5 Å². The van der Waals surface area contributed by atoms with Crippen LogP contribution in [0.2, 0.25) is 0 Å². The first kappa shape index (κ1) is 13.8. The molecule has 0 saturated heterocycles. The molecule has 0 heterocycles. The predicted octanol–water partition coefficient (Wildman–Crippen LogP) is 2.21. The SMILES string of the molecule is CCOC(=O)N(C)c1ccc(S(=O)(=O)Cl)cc1. The average molecular weight is 278 g/mol. The van der Waals surface area contributed by atoms with Crippen LogP contribution in [-0.4, -0.2) is 28.2 Å². The molecule has 7 heteroatoms. The Labute approximate surface area is 104 Å². The molecule has 1 aromatic rings. The molecule has 0 spiro atoms. The van der Waals surface area contributed by atoms with Crippen molar-refractivity contribution < 1.29 is 17.9 Å². The van der Waals surface area contributed by atoms with Crippen molar-refractivity contribution in [3.63, 3.8) is 0 Å². The van der Waals surface area contributed by atoms with E-state index in [0.717, 1.165) is 0 Å². The number of hydrogen-bond acceptors (Lipinski definition) is 4. The summed E-state index contributed by atoms with van der Waals surface area (Å²) in [6, 6.07) is 5.61. The molecule has 0 aliphatic heterocycles. The molecule has 0 unspecified atom stereocenters. The van der Waals surface area contributed by atoms with Gasteiger partial charge in [0.1, 0.15) is 0 Å². The van der Waals surface area contributed by atoms with Crippen LogP contribution in [0.3, 0.4) is 0 Å². The number of benzene rings is 1. The van der Waals surface area contributed by atoms with E-state index in [9.17, 15) is 13.2 Å². The van der Waals surface area contributed by atoms with Gasteiger partial charge in [0.2, 0.25) is 0 Å². The van der Waals surface area contributed by atoms with Crippen molar-refractivity contribution >= 4 is 31.5 Å². The van der Waals surface area contributed by atoms with Crippen LogP contribution >= 0.6 is 10.7 Å². The van der Waals surface area contributed by atoms with E-state index in [2.05, 4.69) is 0 Å². The van der Waals surface area contributed by atoms with E-state index in [0.29, 0.717) is 5.69 Å². The van der Waals surface area contributed by atoms with Gasteiger partial charge in [-0.05, 0) is 31.2 Å². The highest BCUT2D eigenvalue weighted by Gasteiger charge is 2.14. The van der Waals surface area contributed by atoms with Crippen LogP contribution < -0.4 is 4.90 Å². The molecule has 5 nitrogen and oxygen atoms in total. The van der Waals surface area contributed by atoms with Crippen LogP contribution in [0.1, 0.15) is 6.92 Å². The second kappa shape index (κ2) is 5.37. The summed E-state index contributed by atoms with van der Waals surface area (Å²) in [6.07, 6.45) is -0.506. The minimum absolute atomic E-state index is 0.0137. The van der Waals surface area contributed by atoms with Crippen molar-refractivity contribution in [2.45, 2.75) is 11.8 Å².